The van der Waals surface area contributed by atoms with Crippen molar-refractivity contribution in [2.45, 2.75) is 0 Å². The van der Waals surface area contributed by atoms with Crippen LogP contribution in [-0.4, -0.2) is 4.98 Å². The van der Waals surface area contributed by atoms with Crippen LogP contribution >= 0.6 is 22.9 Å². The van der Waals surface area contributed by atoms with Gasteiger partial charge in [-0.15, -0.1) is 11.3 Å². The van der Waals surface area contributed by atoms with Gasteiger partial charge in [-0.3, -0.25) is 0 Å². The fourth-order valence-electron chi connectivity index (χ4n) is 4.65. The minimum Gasteiger partial charge on any atom is -0.436 e. The number of hydrogen-bond donors (Lipinski definition) is 0. The van der Waals surface area contributed by atoms with Crippen molar-refractivity contribution in [2.24, 2.45) is 0 Å². The molecule has 0 amide bonds. The third-order valence-electron chi connectivity index (χ3n) is 6.35. The molecule has 0 unspecified atom stereocenters. The molecule has 0 saturated heterocycles. The first-order chi connectivity index (χ1) is 17.7. The van der Waals surface area contributed by atoms with Crippen LogP contribution in [0, 0.1) is 0 Å². The first-order valence-electron chi connectivity index (χ1n) is 11.7. The van der Waals surface area contributed by atoms with E-state index in [-0.39, 0.29) is 0 Å². The molecule has 0 bridgehead atoms. The fraction of sp³-hybridized carbons (Fsp3) is 0. The Bertz CT molecular complexity index is 1820. The first-order valence-corrected chi connectivity index (χ1v) is 12.9. The van der Waals surface area contributed by atoms with Gasteiger partial charge in [-0.1, -0.05) is 41.9 Å². The van der Waals surface area contributed by atoms with E-state index in [1.165, 1.54) is 20.2 Å². The maximum Gasteiger partial charge on any atom is 0.227 e. The summed E-state index contributed by atoms with van der Waals surface area (Å²) in [5.74, 6) is 0.622. The van der Waals surface area contributed by atoms with Gasteiger partial charge in [-0.25, -0.2) is 4.98 Å². The molecule has 2 aromatic heterocycles. The second-order valence-corrected chi connectivity index (χ2v) is 10.1. The molecule has 0 spiro atoms. The standard InChI is InChI=1S/C31H19ClN2OS/c32-21-12-16-29-25(18-21)26-19-24(15-17-30(26)36-29)34(22-6-2-1-3-7-22)23-13-10-20(11-14-23)31-33-27-8-4-5-9-28(27)35-31/h1-19H. The van der Waals surface area contributed by atoms with Crippen LogP contribution in [0.2, 0.25) is 5.02 Å². The number of hydrogen-bond acceptors (Lipinski definition) is 4. The van der Waals surface area contributed by atoms with E-state index in [0.717, 1.165) is 38.7 Å². The van der Waals surface area contributed by atoms with Crippen molar-refractivity contribution in [2.75, 3.05) is 4.90 Å². The van der Waals surface area contributed by atoms with E-state index in [1.807, 2.05) is 36.4 Å². The molecule has 0 aliphatic carbocycles. The van der Waals surface area contributed by atoms with Crippen LogP contribution < -0.4 is 4.90 Å². The van der Waals surface area contributed by atoms with Crippen molar-refractivity contribution in [3.05, 3.63) is 120 Å². The Balaban J connectivity index is 1.35. The van der Waals surface area contributed by atoms with Gasteiger partial charge in [0.15, 0.2) is 5.58 Å². The minimum atomic E-state index is 0.622. The average Bonchev–Trinajstić information content (AvgIpc) is 3.51. The minimum absolute atomic E-state index is 0.622. The normalized spacial score (nSPS) is 11.5. The molecule has 7 rings (SSSR count). The number of anilines is 3. The summed E-state index contributed by atoms with van der Waals surface area (Å²) >= 11 is 8.13. The number of nitrogens with zero attached hydrogens (tertiary/aromatic N) is 2. The second kappa shape index (κ2) is 8.52. The van der Waals surface area contributed by atoms with Crippen molar-refractivity contribution in [1.82, 2.24) is 4.98 Å². The molecule has 0 fully saturated rings. The third kappa shape index (κ3) is 3.63. The number of rotatable bonds is 4. The van der Waals surface area contributed by atoms with Gasteiger partial charge in [0.1, 0.15) is 5.52 Å². The van der Waals surface area contributed by atoms with E-state index in [4.69, 9.17) is 16.0 Å². The summed E-state index contributed by atoms with van der Waals surface area (Å²) in [4.78, 5) is 6.92. The molecule has 5 heteroatoms. The molecule has 172 valence electrons. The molecule has 0 radical (unpaired) electrons. The van der Waals surface area contributed by atoms with Crippen LogP contribution in [0.4, 0.5) is 17.1 Å². The highest BCUT2D eigenvalue weighted by Crippen LogP contribution is 2.41. The van der Waals surface area contributed by atoms with E-state index >= 15 is 0 Å². The number of para-hydroxylation sites is 3. The van der Waals surface area contributed by atoms with Gasteiger partial charge in [-0.05, 0) is 84.9 Å². The summed E-state index contributed by atoms with van der Waals surface area (Å²) in [5.41, 5.74) is 5.82. The molecule has 2 heterocycles. The van der Waals surface area contributed by atoms with Crippen LogP contribution in [0.3, 0.4) is 0 Å². The molecular weight excluding hydrogens is 484 g/mol. The highest BCUT2D eigenvalue weighted by atomic mass is 35.5. The Morgan fingerprint density at radius 2 is 1.31 bits per heavy atom. The fourth-order valence-corrected chi connectivity index (χ4v) is 5.89. The van der Waals surface area contributed by atoms with Crippen LogP contribution in [0.25, 0.3) is 42.7 Å². The quantitative estimate of drug-likeness (QED) is 0.240. The van der Waals surface area contributed by atoms with Crippen molar-refractivity contribution in [3.63, 3.8) is 0 Å². The molecule has 3 nitrogen and oxygen atoms in total. The van der Waals surface area contributed by atoms with Gasteiger partial charge in [0.25, 0.3) is 0 Å². The summed E-state index contributed by atoms with van der Waals surface area (Å²) in [6, 6.07) is 39.4. The van der Waals surface area contributed by atoms with Crippen LogP contribution in [0.5, 0.6) is 0 Å². The number of fused-ring (bicyclic) bond motifs is 4. The number of benzene rings is 5. The molecule has 36 heavy (non-hydrogen) atoms. The Kier molecular flexibility index (Phi) is 5.01. The van der Waals surface area contributed by atoms with E-state index in [2.05, 4.69) is 88.7 Å². The summed E-state index contributed by atoms with van der Waals surface area (Å²) in [5, 5.41) is 3.14. The van der Waals surface area contributed by atoms with Crippen LogP contribution in [0.15, 0.2) is 120 Å². The molecule has 0 aliphatic heterocycles. The maximum absolute atomic E-state index is 6.34. The molecule has 7 aromatic rings. The van der Waals surface area contributed by atoms with Gasteiger partial charge in [0, 0.05) is 47.8 Å². The van der Waals surface area contributed by atoms with Crippen molar-refractivity contribution in [1.29, 1.82) is 0 Å². The lowest BCUT2D eigenvalue weighted by Gasteiger charge is -2.25. The Morgan fingerprint density at radius 1 is 0.639 bits per heavy atom. The van der Waals surface area contributed by atoms with E-state index in [9.17, 15) is 0 Å². The third-order valence-corrected chi connectivity index (χ3v) is 7.74. The first kappa shape index (κ1) is 21.2. The van der Waals surface area contributed by atoms with Crippen LogP contribution in [-0.2, 0) is 0 Å². The molecule has 0 saturated carbocycles. The Hall–Kier alpha value is -4.12. The zero-order valence-electron chi connectivity index (χ0n) is 19.1. The number of oxazole rings is 1. The summed E-state index contributed by atoms with van der Waals surface area (Å²) in [6.07, 6.45) is 0. The Morgan fingerprint density at radius 3 is 2.11 bits per heavy atom. The topological polar surface area (TPSA) is 29.3 Å². The number of halogens is 1. The predicted molar refractivity (Wildman–Crippen MR) is 152 cm³/mol. The largest absolute Gasteiger partial charge is 0.436 e. The lowest BCUT2D eigenvalue weighted by molar-refractivity contribution is 0.620. The van der Waals surface area contributed by atoms with Gasteiger partial charge in [0.2, 0.25) is 5.89 Å². The second-order valence-electron chi connectivity index (χ2n) is 8.63. The summed E-state index contributed by atoms with van der Waals surface area (Å²) < 4.78 is 8.46. The monoisotopic (exact) mass is 502 g/mol. The molecule has 0 atom stereocenters. The highest BCUT2D eigenvalue weighted by Gasteiger charge is 2.16. The van der Waals surface area contributed by atoms with Crippen molar-refractivity contribution < 1.29 is 4.42 Å². The number of aromatic nitrogens is 1. The zero-order valence-corrected chi connectivity index (χ0v) is 20.6. The maximum atomic E-state index is 6.34. The van der Waals surface area contributed by atoms with E-state index < -0.39 is 0 Å². The Labute approximate surface area is 216 Å². The average molecular weight is 503 g/mol. The van der Waals surface area contributed by atoms with Crippen molar-refractivity contribution in [3.8, 4) is 11.5 Å². The summed E-state index contributed by atoms with van der Waals surface area (Å²) in [6.45, 7) is 0. The molecule has 0 N–H and O–H groups in total. The van der Waals surface area contributed by atoms with Gasteiger partial charge in [0.05, 0.1) is 0 Å². The zero-order chi connectivity index (χ0) is 24.1. The van der Waals surface area contributed by atoms with E-state index in [0.29, 0.717) is 5.89 Å². The van der Waals surface area contributed by atoms with Gasteiger partial charge >= 0.3 is 0 Å². The highest BCUT2D eigenvalue weighted by molar-refractivity contribution is 7.25. The van der Waals surface area contributed by atoms with Crippen molar-refractivity contribution >= 4 is 71.3 Å². The number of thiophene rings is 1. The molecule has 0 aliphatic rings. The van der Waals surface area contributed by atoms with Gasteiger partial charge in [-0.2, -0.15) is 0 Å². The predicted octanol–water partition coefficient (Wildman–Crippen LogP) is 9.99. The van der Waals surface area contributed by atoms with E-state index in [1.54, 1.807) is 11.3 Å². The SMILES string of the molecule is Clc1ccc2sc3ccc(N(c4ccccc4)c4ccc(-c5nc6ccccc6o5)cc4)cc3c2c1. The lowest BCUT2D eigenvalue weighted by Crippen LogP contribution is -2.09. The van der Waals surface area contributed by atoms with Gasteiger partial charge < -0.3 is 9.32 Å². The molecular formula is C31H19ClN2OS. The molecule has 5 aromatic carbocycles. The smallest absolute Gasteiger partial charge is 0.227 e. The van der Waals surface area contributed by atoms with Crippen LogP contribution in [0.1, 0.15) is 0 Å². The lowest BCUT2D eigenvalue weighted by atomic mass is 10.1. The summed E-state index contributed by atoms with van der Waals surface area (Å²) in [7, 11) is 0.